The lowest BCUT2D eigenvalue weighted by Gasteiger charge is -2.15. The lowest BCUT2D eigenvalue weighted by molar-refractivity contribution is -0.115. The Morgan fingerprint density at radius 2 is 2.31 bits per heavy atom. The van der Waals surface area contributed by atoms with Gasteiger partial charge in [-0.15, -0.1) is 0 Å². The maximum atomic E-state index is 11.3. The molecule has 0 saturated carbocycles. The van der Waals surface area contributed by atoms with Crippen molar-refractivity contribution in [3.05, 3.63) is 29.3 Å². The average molecular weight is 218 g/mol. The quantitative estimate of drug-likeness (QED) is 0.810. The highest BCUT2D eigenvalue weighted by Gasteiger charge is 2.19. The van der Waals surface area contributed by atoms with Gasteiger partial charge < -0.3 is 10.6 Å². The van der Waals surface area contributed by atoms with Crippen LogP contribution in [-0.4, -0.2) is 19.5 Å². The van der Waals surface area contributed by atoms with Gasteiger partial charge in [-0.2, -0.15) is 0 Å². The first-order valence-electron chi connectivity index (χ1n) is 5.82. The van der Waals surface area contributed by atoms with Gasteiger partial charge in [0, 0.05) is 12.2 Å². The molecule has 1 unspecified atom stereocenters. The van der Waals surface area contributed by atoms with Crippen LogP contribution in [0, 0.1) is 0 Å². The normalized spacial score (nSPS) is 15.8. The molecule has 1 aromatic rings. The van der Waals surface area contributed by atoms with Crippen molar-refractivity contribution in [2.24, 2.45) is 0 Å². The molecule has 16 heavy (non-hydrogen) atoms. The number of carbonyl (C=O) groups excluding carboxylic acids is 1. The average Bonchev–Trinajstić information content (AvgIpc) is 2.64. The number of rotatable bonds is 4. The monoisotopic (exact) mass is 218 g/mol. The van der Waals surface area contributed by atoms with Crippen molar-refractivity contribution in [3.8, 4) is 0 Å². The maximum Gasteiger partial charge on any atom is 0.228 e. The molecule has 0 radical (unpaired) electrons. The largest absolute Gasteiger partial charge is 0.326 e. The lowest BCUT2D eigenvalue weighted by Crippen LogP contribution is -2.16. The van der Waals surface area contributed by atoms with Gasteiger partial charge in [0.1, 0.15) is 0 Å². The lowest BCUT2D eigenvalue weighted by atomic mass is 9.94. The molecule has 3 nitrogen and oxygen atoms in total. The van der Waals surface area contributed by atoms with Crippen LogP contribution in [0.1, 0.15) is 30.4 Å². The zero-order valence-electron chi connectivity index (χ0n) is 9.84. The summed E-state index contributed by atoms with van der Waals surface area (Å²) in [7, 11) is 1.97. The van der Waals surface area contributed by atoms with Gasteiger partial charge in [-0.25, -0.2) is 0 Å². The van der Waals surface area contributed by atoms with E-state index >= 15 is 0 Å². The van der Waals surface area contributed by atoms with Crippen molar-refractivity contribution in [2.45, 2.75) is 25.7 Å². The van der Waals surface area contributed by atoms with E-state index < -0.39 is 0 Å². The van der Waals surface area contributed by atoms with Crippen LogP contribution in [0.5, 0.6) is 0 Å². The van der Waals surface area contributed by atoms with Gasteiger partial charge in [0.2, 0.25) is 5.91 Å². The number of amides is 1. The summed E-state index contributed by atoms with van der Waals surface area (Å²) < 4.78 is 0. The van der Waals surface area contributed by atoms with Crippen LogP contribution in [0.2, 0.25) is 0 Å². The topological polar surface area (TPSA) is 41.1 Å². The Balaban J connectivity index is 2.24. The molecule has 0 aromatic heterocycles. The van der Waals surface area contributed by atoms with E-state index in [1.54, 1.807) is 0 Å². The number of likely N-dealkylation sites (N-methyl/N-ethyl adjacent to an activating group) is 1. The van der Waals surface area contributed by atoms with Gasteiger partial charge in [0.25, 0.3) is 0 Å². The highest BCUT2D eigenvalue weighted by atomic mass is 16.1. The molecule has 0 aliphatic carbocycles. The summed E-state index contributed by atoms with van der Waals surface area (Å²) in [5, 5.41) is 6.07. The number of benzene rings is 1. The molecule has 3 heteroatoms. The van der Waals surface area contributed by atoms with Crippen molar-refractivity contribution in [1.29, 1.82) is 0 Å². The van der Waals surface area contributed by atoms with Gasteiger partial charge >= 0.3 is 0 Å². The molecule has 0 fully saturated rings. The highest BCUT2D eigenvalue weighted by Crippen LogP contribution is 2.28. The molecule has 1 aliphatic heterocycles. The van der Waals surface area contributed by atoms with Crippen LogP contribution in [0.4, 0.5) is 5.69 Å². The fourth-order valence-corrected chi connectivity index (χ4v) is 2.25. The van der Waals surface area contributed by atoms with E-state index in [4.69, 9.17) is 0 Å². The maximum absolute atomic E-state index is 11.3. The van der Waals surface area contributed by atoms with E-state index in [-0.39, 0.29) is 5.91 Å². The molecule has 1 amide bonds. The first-order chi connectivity index (χ1) is 7.74. The van der Waals surface area contributed by atoms with E-state index in [0.29, 0.717) is 12.3 Å². The summed E-state index contributed by atoms with van der Waals surface area (Å²) in [6.07, 6.45) is 1.64. The summed E-state index contributed by atoms with van der Waals surface area (Å²) in [6.45, 7) is 3.18. The number of hydrogen-bond donors (Lipinski definition) is 2. The molecule has 1 heterocycles. The predicted octanol–water partition coefficient (Wildman–Crippen LogP) is 1.89. The third kappa shape index (κ3) is 2.09. The second kappa shape index (κ2) is 4.66. The third-order valence-electron chi connectivity index (χ3n) is 3.17. The molecular weight excluding hydrogens is 200 g/mol. The summed E-state index contributed by atoms with van der Waals surface area (Å²) >= 11 is 0. The number of hydrogen-bond acceptors (Lipinski definition) is 2. The summed E-state index contributed by atoms with van der Waals surface area (Å²) in [5.74, 6) is 0.639. The van der Waals surface area contributed by atoms with Gasteiger partial charge in [0.15, 0.2) is 0 Å². The second-order valence-corrected chi connectivity index (χ2v) is 4.30. The molecule has 0 bridgehead atoms. The van der Waals surface area contributed by atoms with Crippen LogP contribution >= 0.6 is 0 Å². The minimum Gasteiger partial charge on any atom is -0.326 e. The van der Waals surface area contributed by atoms with Gasteiger partial charge in [0.05, 0.1) is 6.42 Å². The molecule has 2 rings (SSSR count). The Bertz CT molecular complexity index is 401. The van der Waals surface area contributed by atoms with Crippen molar-refractivity contribution in [3.63, 3.8) is 0 Å². The number of fused-ring (bicyclic) bond motifs is 1. The van der Waals surface area contributed by atoms with Crippen molar-refractivity contribution in [2.75, 3.05) is 18.9 Å². The Morgan fingerprint density at radius 3 is 3.00 bits per heavy atom. The molecule has 1 aliphatic rings. The summed E-state index contributed by atoms with van der Waals surface area (Å²) in [5.41, 5.74) is 3.44. The molecule has 0 spiro atoms. The van der Waals surface area contributed by atoms with E-state index in [1.807, 2.05) is 13.1 Å². The summed E-state index contributed by atoms with van der Waals surface area (Å²) in [4.78, 5) is 11.3. The van der Waals surface area contributed by atoms with Gasteiger partial charge in [-0.1, -0.05) is 19.1 Å². The van der Waals surface area contributed by atoms with E-state index in [2.05, 4.69) is 29.7 Å². The van der Waals surface area contributed by atoms with Crippen LogP contribution in [0.25, 0.3) is 0 Å². The zero-order chi connectivity index (χ0) is 11.5. The van der Waals surface area contributed by atoms with Crippen molar-refractivity contribution >= 4 is 11.6 Å². The minimum atomic E-state index is 0.105. The SMILES string of the molecule is CCC(CNC)c1ccc2c(c1)CC(=O)N2. The fourth-order valence-electron chi connectivity index (χ4n) is 2.25. The van der Waals surface area contributed by atoms with Crippen molar-refractivity contribution in [1.82, 2.24) is 5.32 Å². The Kier molecular flexibility index (Phi) is 3.25. The van der Waals surface area contributed by atoms with Crippen LogP contribution in [0.3, 0.4) is 0 Å². The number of carbonyl (C=O) groups is 1. The third-order valence-corrected chi connectivity index (χ3v) is 3.17. The molecule has 0 saturated heterocycles. The van der Waals surface area contributed by atoms with E-state index in [0.717, 1.165) is 24.2 Å². The fraction of sp³-hybridized carbons (Fsp3) is 0.462. The minimum absolute atomic E-state index is 0.105. The van der Waals surface area contributed by atoms with Crippen LogP contribution in [-0.2, 0) is 11.2 Å². The summed E-state index contributed by atoms with van der Waals surface area (Å²) in [6, 6.07) is 6.31. The highest BCUT2D eigenvalue weighted by molar-refractivity contribution is 5.99. The van der Waals surface area contributed by atoms with E-state index in [1.165, 1.54) is 5.56 Å². The first-order valence-corrected chi connectivity index (χ1v) is 5.82. The standard InChI is InChI=1S/C13H18N2O/c1-3-9(8-14-2)10-4-5-12-11(6-10)7-13(16)15-12/h4-6,9,14H,3,7-8H2,1-2H3,(H,15,16). The van der Waals surface area contributed by atoms with Crippen molar-refractivity contribution < 1.29 is 4.79 Å². The molecule has 86 valence electrons. The van der Waals surface area contributed by atoms with Crippen LogP contribution in [0.15, 0.2) is 18.2 Å². The second-order valence-electron chi connectivity index (χ2n) is 4.30. The smallest absolute Gasteiger partial charge is 0.228 e. The Morgan fingerprint density at radius 1 is 1.50 bits per heavy atom. The molecule has 1 atom stereocenters. The molecular formula is C13H18N2O. The molecule has 1 aromatic carbocycles. The number of nitrogens with one attached hydrogen (secondary N) is 2. The van der Waals surface area contributed by atoms with Crippen LogP contribution < -0.4 is 10.6 Å². The Labute approximate surface area is 96.2 Å². The molecule has 2 N–H and O–H groups in total. The Hall–Kier alpha value is -1.35. The predicted molar refractivity (Wildman–Crippen MR) is 65.7 cm³/mol. The van der Waals surface area contributed by atoms with Gasteiger partial charge in [-0.3, -0.25) is 4.79 Å². The number of anilines is 1. The zero-order valence-corrected chi connectivity index (χ0v) is 9.84. The van der Waals surface area contributed by atoms with E-state index in [9.17, 15) is 4.79 Å². The first kappa shape index (κ1) is 11.1. The van der Waals surface area contributed by atoms with Gasteiger partial charge in [-0.05, 0) is 36.6 Å².